The molecule has 0 bridgehead atoms. The van der Waals surface area contributed by atoms with E-state index in [2.05, 4.69) is 15.0 Å². The first-order valence-corrected chi connectivity index (χ1v) is 7.66. The van der Waals surface area contributed by atoms with Crippen molar-refractivity contribution in [3.05, 3.63) is 72.7 Å². The average molecular weight is 316 g/mol. The van der Waals surface area contributed by atoms with Crippen molar-refractivity contribution in [1.29, 1.82) is 0 Å². The zero-order chi connectivity index (χ0) is 16.4. The van der Waals surface area contributed by atoms with Crippen molar-refractivity contribution in [2.24, 2.45) is 0 Å². The third kappa shape index (κ3) is 2.67. The largest absolute Gasteiger partial charge is 0.489 e. The molecule has 24 heavy (non-hydrogen) atoms. The van der Waals surface area contributed by atoms with Crippen molar-refractivity contribution in [1.82, 2.24) is 15.0 Å². The highest BCUT2D eigenvalue weighted by Gasteiger charge is 2.10. The quantitative estimate of drug-likeness (QED) is 0.600. The molecule has 0 amide bonds. The Morgan fingerprint density at radius 2 is 1.75 bits per heavy atom. The Hall–Kier alpha value is -3.34. The highest BCUT2D eigenvalue weighted by Crippen LogP contribution is 2.31. The molecule has 0 radical (unpaired) electrons. The zero-order valence-electron chi connectivity index (χ0n) is 12.9. The average Bonchev–Trinajstić information content (AvgIpc) is 3.07. The number of aromatic amines is 1. The standard InChI is InChI=1S/C19H16N4O/c20-18-17-16(10-21-19(17)23-12-22-18)14-6-8-15(9-7-14)24-11-13-4-2-1-3-5-13/h1-10,12H,11H2,(H3,20,21,22,23). The van der Waals surface area contributed by atoms with Gasteiger partial charge in [0.05, 0.1) is 5.39 Å². The maximum atomic E-state index is 5.99. The SMILES string of the molecule is Nc1ncnc2[nH]cc(-c3ccc(OCc4ccccc4)cc3)c12. The molecular weight excluding hydrogens is 300 g/mol. The van der Waals surface area contributed by atoms with E-state index in [0.29, 0.717) is 12.4 Å². The summed E-state index contributed by atoms with van der Waals surface area (Å²) in [6, 6.07) is 18.0. The van der Waals surface area contributed by atoms with Gasteiger partial charge in [0, 0.05) is 11.8 Å². The lowest BCUT2D eigenvalue weighted by molar-refractivity contribution is 0.306. The summed E-state index contributed by atoms with van der Waals surface area (Å²) < 4.78 is 5.82. The Morgan fingerprint density at radius 1 is 0.958 bits per heavy atom. The Morgan fingerprint density at radius 3 is 2.54 bits per heavy atom. The molecule has 0 saturated heterocycles. The van der Waals surface area contributed by atoms with Crippen molar-refractivity contribution in [2.45, 2.75) is 6.61 Å². The number of nitrogens with one attached hydrogen (secondary N) is 1. The van der Waals surface area contributed by atoms with E-state index < -0.39 is 0 Å². The van der Waals surface area contributed by atoms with Gasteiger partial charge in [0.1, 0.15) is 30.1 Å². The summed E-state index contributed by atoms with van der Waals surface area (Å²) in [6.07, 6.45) is 3.36. The molecular formula is C19H16N4O. The van der Waals surface area contributed by atoms with Gasteiger partial charge in [-0.3, -0.25) is 0 Å². The number of fused-ring (bicyclic) bond motifs is 1. The van der Waals surface area contributed by atoms with Gasteiger partial charge in [0.15, 0.2) is 0 Å². The number of hydrogen-bond donors (Lipinski definition) is 2. The number of rotatable bonds is 4. The van der Waals surface area contributed by atoms with Gasteiger partial charge in [-0.2, -0.15) is 0 Å². The maximum absolute atomic E-state index is 5.99. The van der Waals surface area contributed by atoms with Crippen LogP contribution in [0.5, 0.6) is 5.75 Å². The summed E-state index contributed by atoms with van der Waals surface area (Å²) >= 11 is 0. The molecule has 5 heteroatoms. The van der Waals surface area contributed by atoms with Crippen molar-refractivity contribution in [2.75, 3.05) is 5.73 Å². The van der Waals surface area contributed by atoms with Crippen LogP contribution in [0.3, 0.4) is 0 Å². The van der Waals surface area contributed by atoms with Crippen molar-refractivity contribution in [3.63, 3.8) is 0 Å². The number of nitrogen functional groups attached to an aromatic ring is 1. The summed E-state index contributed by atoms with van der Waals surface area (Å²) in [5.41, 5.74) is 9.89. The van der Waals surface area contributed by atoms with E-state index >= 15 is 0 Å². The monoisotopic (exact) mass is 316 g/mol. The van der Waals surface area contributed by atoms with Gasteiger partial charge in [0.25, 0.3) is 0 Å². The second kappa shape index (κ2) is 6.04. The molecule has 5 nitrogen and oxygen atoms in total. The molecule has 0 aliphatic heterocycles. The summed E-state index contributed by atoms with van der Waals surface area (Å²) in [5.74, 6) is 1.30. The van der Waals surface area contributed by atoms with Crippen LogP contribution in [0.4, 0.5) is 5.82 Å². The van der Waals surface area contributed by atoms with Crippen LogP contribution >= 0.6 is 0 Å². The molecule has 2 aromatic heterocycles. The molecule has 0 unspecified atom stereocenters. The molecule has 0 aliphatic carbocycles. The first-order chi connectivity index (χ1) is 11.8. The summed E-state index contributed by atoms with van der Waals surface area (Å²) in [5, 5.41) is 0.843. The molecule has 3 N–H and O–H groups in total. The first kappa shape index (κ1) is 14.3. The predicted octanol–water partition coefficient (Wildman–Crippen LogP) is 3.79. The van der Waals surface area contributed by atoms with Crippen molar-refractivity contribution < 1.29 is 4.74 Å². The minimum atomic E-state index is 0.473. The number of ether oxygens (including phenoxy) is 1. The second-order valence-corrected chi connectivity index (χ2v) is 5.48. The number of H-pyrrole nitrogens is 1. The molecule has 0 fully saturated rings. The normalized spacial score (nSPS) is 10.8. The molecule has 0 atom stereocenters. The van der Waals surface area contributed by atoms with E-state index in [1.807, 2.05) is 60.8 Å². The molecule has 2 heterocycles. The lowest BCUT2D eigenvalue weighted by atomic mass is 10.1. The Labute approximate surface area is 139 Å². The maximum Gasteiger partial charge on any atom is 0.143 e. The predicted molar refractivity (Wildman–Crippen MR) is 94.5 cm³/mol. The number of benzene rings is 2. The van der Waals surface area contributed by atoms with Gasteiger partial charge in [-0.05, 0) is 23.3 Å². The van der Waals surface area contributed by atoms with Gasteiger partial charge in [-0.1, -0.05) is 42.5 Å². The van der Waals surface area contributed by atoms with Crippen LogP contribution in [0.1, 0.15) is 5.56 Å². The van der Waals surface area contributed by atoms with Gasteiger partial charge < -0.3 is 15.5 Å². The van der Waals surface area contributed by atoms with E-state index in [4.69, 9.17) is 10.5 Å². The lowest BCUT2D eigenvalue weighted by Crippen LogP contribution is -1.95. The van der Waals surface area contributed by atoms with Crippen LogP contribution in [0.25, 0.3) is 22.2 Å². The number of nitrogens with two attached hydrogens (primary N) is 1. The van der Waals surface area contributed by atoms with E-state index in [1.165, 1.54) is 6.33 Å². The molecule has 0 saturated carbocycles. The van der Waals surface area contributed by atoms with Gasteiger partial charge in [-0.15, -0.1) is 0 Å². The summed E-state index contributed by atoms with van der Waals surface area (Å²) in [7, 11) is 0. The molecule has 0 aliphatic rings. The van der Waals surface area contributed by atoms with E-state index in [9.17, 15) is 0 Å². The second-order valence-electron chi connectivity index (χ2n) is 5.48. The number of hydrogen-bond acceptors (Lipinski definition) is 4. The van der Waals surface area contributed by atoms with Crippen LogP contribution < -0.4 is 10.5 Å². The van der Waals surface area contributed by atoms with Crippen molar-refractivity contribution in [3.8, 4) is 16.9 Å². The lowest BCUT2D eigenvalue weighted by Gasteiger charge is -2.07. The summed E-state index contributed by atoms with van der Waals surface area (Å²) in [6.45, 7) is 0.550. The number of aromatic nitrogens is 3. The van der Waals surface area contributed by atoms with Crippen LogP contribution in [-0.4, -0.2) is 15.0 Å². The fraction of sp³-hybridized carbons (Fsp3) is 0.0526. The van der Waals surface area contributed by atoms with Crippen LogP contribution in [0.2, 0.25) is 0 Å². The van der Waals surface area contributed by atoms with E-state index in [-0.39, 0.29) is 0 Å². The third-order valence-corrected chi connectivity index (χ3v) is 3.91. The first-order valence-electron chi connectivity index (χ1n) is 7.66. The highest BCUT2D eigenvalue weighted by atomic mass is 16.5. The Balaban J connectivity index is 1.57. The van der Waals surface area contributed by atoms with Gasteiger partial charge in [0.2, 0.25) is 0 Å². The molecule has 2 aromatic carbocycles. The molecule has 4 rings (SSSR count). The highest BCUT2D eigenvalue weighted by molar-refractivity contribution is 6.00. The molecule has 0 spiro atoms. The third-order valence-electron chi connectivity index (χ3n) is 3.91. The van der Waals surface area contributed by atoms with E-state index in [1.54, 1.807) is 0 Å². The Bertz CT molecular complexity index is 962. The Kier molecular flexibility index (Phi) is 3.59. The number of nitrogens with zero attached hydrogens (tertiary/aromatic N) is 2. The topological polar surface area (TPSA) is 76.8 Å². The minimum Gasteiger partial charge on any atom is -0.489 e. The van der Waals surface area contributed by atoms with Crippen molar-refractivity contribution >= 4 is 16.9 Å². The van der Waals surface area contributed by atoms with Gasteiger partial charge in [-0.25, -0.2) is 9.97 Å². The van der Waals surface area contributed by atoms with Crippen LogP contribution in [0, 0.1) is 0 Å². The zero-order valence-corrected chi connectivity index (χ0v) is 12.9. The smallest absolute Gasteiger partial charge is 0.143 e. The van der Waals surface area contributed by atoms with E-state index in [0.717, 1.165) is 33.5 Å². The van der Waals surface area contributed by atoms with Crippen LogP contribution in [0.15, 0.2) is 67.1 Å². The molecule has 4 aromatic rings. The fourth-order valence-electron chi connectivity index (χ4n) is 2.69. The van der Waals surface area contributed by atoms with Gasteiger partial charge >= 0.3 is 0 Å². The van der Waals surface area contributed by atoms with Crippen LogP contribution in [-0.2, 0) is 6.61 Å². The summed E-state index contributed by atoms with van der Waals surface area (Å²) in [4.78, 5) is 11.4. The molecule has 118 valence electrons. The number of anilines is 1. The fourth-order valence-corrected chi connectivity index (χ4v) is 2.69. The minimum absolute atomic E-state index is 0.473.